The first-order chi connectivity index (χ1) is 20.1. The van der Waals surface area contributed by atoms with Crippen LogP contribution >= 0.6 is 0 Å². The summed E-state index contributed by atoms with van der Waals surface area (Å²) in [6.45, 7) is 2.74. The molecule has 42 heavy (non-hydrogen) atoms. The molecule has 4 saturated carbocycles. The molecule has 10 heteroatoms. The minimum atomic E-state index is -3.19. The Labute approximate surface area is 248 Å². The van der Waals surface area contributed by atoms with E-state index in [0.29, 0.717) is 30.8 Å². The van der Waals surface area contributed by atoms with E-state index in [2.05, 4.69) is 45.4 Å². The van der Waals surface area contributed by atoms with Crippen molar-refractivity contribution in [2.75, 3.05) is 47.1 Å². The van der Waals surface area contributed by atoms with Crippen molar-refractivity contribution in [1.82, 2.24) is 9.62 Å². The van der Waals surface area contributed by atoms with E-state index in [0.717, 1.165) is 80.8 Å². The summed E-state index contributed by atoms with van der Waals surface area (Å²) in [5.74, 6) is 1.37. The van der Waals surface area contributed by atoms with Crippen molar-refractivity contribution in [2.24, 2.45) is 17.8 Å². The van der Waals surface area contributed by atoms with E-state index in [1.54, 1.807) is 4.31 Å². The Morgan fingerprint density at radius 2 is 1.50 bits per heavy atom. The summed E-state index contributed by atoms with van der Waals surface area (Å²) in [6.07, 6.45) is 8.01. The number of para-hydroxylation sites is 2. The number of carbonyl (C=O) groups is 1. The van der Waals surface area contributed by atoms with Crippen LogP contribution in [-0.4, -0.2) is 80.0 Å². The number of amides is 2. The van der Waals surface area contributed by atoms with Crippen LogP contribution in [0.15, 0.2) is 48.5 Å². The fourth-order valence-electron chi connectivity index (χ4n) is 9.74. The van der Waals surface area contributed by atoms with Crippen molar-refractivity contribution >= 4 is 38.8 Å². The van der Waals surface area contributed by atoms with Crippen LogP contribution in [0.2, 0.25) is 0 Å². The number of piperazine rings is 1. The Kier molecular flexibility index (Phi) is 6.12. The average Bonchev–Trinajstić information content (AvgIpc) is 3.24. The van der Waals surface area contributed by atoms with Crippen LogP contribution < -0.4 is 20.0 Å². The topological polar surface area (TPSA) is 96.4 Å². The molecule has 2 unspecified atom stereocenters. The van der Waals surface area contributed by atoms with Gasteiger partial charge in [0.15, 0.2) is 0 Å². The standard InChI is InChI=1S/C32H41N5O4S/c1-42(40,41)37-26-10-11-27(37)20-34(19-26)24-6-8-25(9-7-24)35-12-13-36(29-5-3-2-4-28(29)35)31(38)33-30-22-14-21-15-23(30)18-32(39,16-21)17-22/h2-9,21-23,26-27,30,39H,10-20H2,1H3,(H,33,38)/t21?,22?,23?,26-,27-,30?,32?/m1/s1. The van der Waals surface area contributed by atoms with Gasteiger partial charge in [0.1, 0.15) is 0 Å². The number of hydrogen-bond donors (Lipinski definition) is 2. The highest BCUT2D eigenvalue weighted by atomic mass is 32.2. The first-order valence-corrected chi connectivity index (χ1v) is 17.5. The zero-order valence-corrected chi connectivity index (χ0v) is 25.0. The van der Waals surface area contributed by atoms with Crippen molar-refractivity contribution in [1.29, 1.82) is 0 Å². The molecule has 2 aromatic carbocycles. The van der Waals surface area contributed by atoms with Crippen molar-refractivity contribution in [3.63, 3.8) is 0 Å². The van der Waals surface area contributed by atoms with Crippen LogP contribution in [0.5, 0.6) is 0 Å². The summed E-state index contributed by atoms with van der Waals surface area (Å²) < 4.78 is 26.4. The molecule has 9 rings (SSSR count). The molecule has 9 nitrogen and oxygen atoms in total. The van der Waals surface area contributed by atoms with E-state index in [1.807, 2.05) is 23.1 Å². The number of fused-ring (bicyclic) bond motifs is 3. The third-order valence-corrected chi connectivity index (χ3v) is 12.5. The van der Waals surface area contributed by atoms with E-state index in [9.17, 15) is 18.3 Å². The second-order valence-electron chi connectivity index (χ2n) is 13.9. The number of sulfonamides is 1. The van der Waals surface area contributed by atoms with Gasteiger partial charge in [-0.25, -0.2) is 13.2 Å². The SMILES string of the molecule is CS(=O)(=O)N1[C@@H]2CC[C@@H]1CN(c1ccc(N3CCN(C(=O)NC4C5CC6CC4CC(O)(C6)C5)c4ccccc43)cc1)C2. The normalized spacial score (nSPS) is 35.4. The molecular weight excluding hydrogens is 550 g/mol. The third-order valence-electron chi connectivity index (χ3n) is 11.1. The molecule has 4 atom stereocenters. The van der Waals surface area contributed by atoms with Gasteiger partial charge in [-0.1, -0.05) is 12.1 Å². The monoisotopic (exact) mass is 591 g/mol. The molecule has 224 valence electrons. The van der Waals surface area contributed by atoms with E-state index >= 15 is 0 Å². The lowest BCUT2D eigenvalue weighted by Gasteiger charge is -2.58. The molecule has 6 bridgehead atoms. The summed E-state index contributed by atoms with van der Waals surface area (Å²) in [4.78, 5) is 20.2. The van der Waals surface area contributed by atoms with Gasteiger partial charge >= 0.3 is 6.03 Å². The van der Waals surface area contributed by atoms with Crippen molar-refractivity contribution in [2.45, 2.75) is 68.7 Å². The highest BCUT2D eigenvalue weighted by Gasteiger charge is 2.55. The maximum absolute atomic E-state index is 13.7. The number of carbonyl (C=O) groups excluding carboxylic acids is 1. The number of hydrogen-bond acceptors (Lipinski definition) is 6. The summed E-state index contributed by atoms with van der Waals surface area (Å²) in [6, 6.07) is 17.0. The Morgan fingerprint density at radius 3 is 2.12 bits per heavy atom. The number of nitrogens with zero attached hydrogens (tertiary/aromatic N) is 4. The van der Waals surface area contributed by atoms with Crippen LogP contribution in [0, 0.1) is 17.8 Å². The summed E-state index contributed by atoms with van der Waals surface area (Å²) in [5, 5.41) is 14.4. The maximum atomic E-state index is 13.7. The average molecular weight is 592 g/mol. The number of urea groups is 1. The Bertz CT molecular complexity index is 1470. The molecule has 3 heterocycles. The van der Waals surface area contributed by atoms with Gasteiger partial charge in [-0.3, -0.25) is 4.90 Å². The second-order valence-corrected chi connectivity index (χ2v) is 15.7. The zero-order chi connectivity index (χ0) is 28.8. The predicted octanol–water partition coefficient (Wildman–Crippen LogP) is 3.91. The van der Waals surface area contributed by atoms with Crippen LogP contribution in [0.25, 0.3) is 0 Å². The van der Waals surface area contributed by atoms with E-state index in [1.165, 1.54) is 6.26 Å². The highest BCUT2D eigenvalue weighted by Crippen LogP contribution is 2.55. The van der Waals surface area contributed by atoms with E-state index in [-0.39, 0.29) is 24.2 Å². The van der Waals surface area contributed by atoms with Crippen molar-refractivity contribution in [3.05, 3.63) is 48.5 Å². The quantitative estimate of drug-likeness (QED) is 0.560. The number of nitrogens with one attached hydrogen (secondary N) is 1. The molecular formula is C32H41N5O4S. The van der Waals surface area contributed by atoms with Gasteiger partial charge < -0.3 is 20.2 Å². The third kappa shape index (κ3) is 4.40. The summed E-state index contributed by atoms with van der Waals surface area (Å²) in [7, 11) is -3.19. The van der Waals surface area contributed by atoms with Gasteiger partial charge in [0.25, 0.3) is 0 Å². The van der Waals surface area contributed by atoms with Crippen LogP contribution in [-0.2, 0) is 10.0 Å². The van der Waals surface area contributed by atoms with Gasteiger partial charge in [0.2, 0.25) is 10.0 Å². The van der Waals surface area contributed by atoms with Gasteiger partial charge in [0, 0.05) is 55.7 Å². The number of rotatable bonds is 4. The van der Waals surface area contributed by atoms with Crippen LogP contribution in [0.1, 0.15) is 44.9 Å². The molecule has 2 N–H and O–H groups in total. The fourth-order valence-corrected chi connectivity index (χ4v) is 11.2. The minimum Gasteiger partial charge on any atom is -0.390 e. The molecule has 0 spiro atoms. The predicted molar refractivity (Wildman–Crippen MR) is 164 cm³/mol. The molecule has 0 radical (unpaired) electrons. The Morgan fingerprint density at radius 1 is 0.881 bits per heavy atom. The number of benzene rings is 2. The van der Waals surface area contributed by atoms with E-state index < -0.39 is 15.6 Å². The lowest BCUT2D eigenvalue weighted by atomic mass is 9.52. The molecule has 2 saturated heterocycles. The molecule has 7 aliphatic rings. The van der Waals surface area contributed by atoms with Gasteiger partial charge in [-0.15, -0.1) is 0 Å². The smallest absolute Gasteiger partial charge is 0.322 e. The number of aliphatic hydroxyl groups is 1. The fraction of sp³-hybridized carbons (Fsp3) is 0.594. The zero-order valence-electron chi connectivity index (χ0n) is 24.2. The summed E-state index contributed by atoms with van der Waals surface area (Å²) in [5.41, 5.74) is 3.64. The second kappa shape index (κ2) is 9.59. The van der Waals surface area contributed by atoms with Crippen LogP contribution in [0.4, 0.5) is 27.5 Å². The first-order valence-electron chi connectivity index (χ1n) is 15.7. The van der Waals surface area contributed by atoms with Crippen LogP contribution in [0.3, 0.4) is 0 Å². The lowest BCUT2D eigenvalue weighted by molar-refractivity contribution is -0.136. The minimum absolute atomic E-state index is 0.0234. The first kappa shape index (κ1) is 26.8. The molecule has 0 aromatic heterocycles. The summed E-state index contributed by atoms with van der Waals surface area (Å²) >= 11 is 0. The van der Waals surface area contributed by atoms with Crippen molar-refractivity contribution in [3.8, 4) is 0 Å². The highest BCUT2D eigenvalue weighted by molar-refractivity contribution is 7.88. The van der Waals surface area contributed by atoms with Gasteiger partial charge in [0.05, 0.1) is 23.2 Å². The molecule has 2 amide bonds. The molecule has 3 aliphatic heterocycles. The molecule has 2 aromatic rings. The molecule has 6 fully saturated rings. The lowest BCUT2D eigenvalue weighted by Crippen LogP contribution is -2.63. The largest absolute Gasteiger partial charge is 0.390 e. The van der Waals surface area contributed by atoms with E-state index in [4.69, 9.17) is 0 Å². The van der Waals surface area contributed by atoms with Gasteiger partial charge in [-0.2, -0.15) is 4.31 Å². The maximum Gasteiger partial charge on any atom is 0.322 e. The Balaban J connectivity index is 0.978. The Hall–Kier alpha value is -2.82. The van der Waals surface area contributed by atoms with Gasteiger partial charge in [-0.05, 0) is 99.1 Å². The molecule has 4 aliphatic carbocycles. The van der Waals surface area contributed by atoms with Crippen molar-refractivity contribution < 1.29 is 18.3 Å². The number of anilines is 4.